The van der Waals surface area contributed by atoms with Gasteiger partial charge in [-0.25, -0.2) is 9.59 Å². The van der Waals surface area contributed by atoms with Crippen LogP contribution < -0.4 is 11.2 Å². The average molecular weight is 445 g/mol. The molecule has 0 radical (unpaired) electrons. The van der Waals surface area contributed by atoms with Crippen molar-refractivity contribution in [1.82, 2.24) is 9.13 Å². The van der Waals surface area contributed by atoms with Crippen LogP contribution in [0.4, 0.5) is 0 Å². The molecule has 4 aromatic rings. The third-order valence-electron chi connectivity index (χ3n) is 5.18. The van der Waals surface area contributed by atoms with E-state index in [1.54, 1.807) is 25.2 Å². The molecule has 0 unspecified atom stereocenters. The monoisotopic (exact) mass is 444 g/mol. The van der Waals surface area contributed by atoms with Crippen molar-refractivity contribution in [3.8, 4) is 11.8 Å². The molecule has 0 aliphatic rings. The summed E-state index contributed by atoms with van der Waals surface area (Å²) in [5.74, 6) is 5.22. The summed E-state index contributed by atoms with van der Waals surface area (Å²) in [4.78, 5) is 38.2. The van der Waals surface area contributed by atoms with Gasteiger partial charge in [0.25, 0.3) is 5.56 Å². The Hall–Kier alpha value is -3.89. The van der Waals surface area contributed by atoms with Crippen LogP contribution in [0.3, 0.4) is 0 Å². The van der Waals surface area contributed by atoms with Crippen molar-refractivity contribution in [2.75, 3.05) is 0 Å². The summed E-state index contributed by atoms with van der Waals surface area (Å²) < 4.78 is 2.62. The Bertz CT molecular complexity index is 1500. The van der Waals surface area contributed by atoms with Crippen LogP contribution in [0.25, 0.3) is 10.2 Å². The number of aromatic carboxylic acids is 1. The van der Waals surface area contributed by atoms with E-state index in [1.165, 1.54) is 33.6 Å². The van der Waals surface area contributed by atoms with Gasteiger partial charge in [-0.05, 0) is 36.2 Å². The molecule has 0 aliphatic heterocycles. The van der Waals surface area contributed by atoms with E-state index in [1.807, 2.05) is 31.2 Å². The standard InChI is InChI=1S/C25H20N2O4S/c1-16-6-8-17(9-7-16)4-3-5-20-14-21-22(28)27(25(31)26(2)23(21)32-20)15-18-10-12-19(13-11-18)24(29)30/h6-14H,4,15H2,1-2H3,(H,29,30). The van der Waals surface area contributed by atoms with Crippen molar-refractivity contribution in [3.05, 3.63) is 103 Å². The lowest BCUT2D eigenvalue weighted by Crippen LogP contribution is -2.38. The summed E-state index contributed by atoms with van der Waals surface area (Å²) >= 11 is 1.32. The first-order valence-corrected chi connectivity index (χ1v) is 10.7. The van der Waals surface area contributed by atoms with Crippen LogP contribution >= 0.6 is 11.3 Å². The Morgan fingerprint density at radius 2 is 1.69 bits per heavy atom. The van der Waals surface area contributed by atoms with Crippen LogP contribution in [0.5, 0.6) is 0 Å². The molecule has 1 N–H and O–H groups in total. The molecule has 160 valence electrons. The number of rotatable bonds is 4. The van der Waals surface area contributed by atoms with Gasteiger partial charge in [0, 0.05) is 13.5 Å². The predicted octanol–water partition coefficient (Wildman–Crippen LogP) is 3.41. The fourth-order valence-corrected chi connectivity index (χ4v) is 4.34. The van der Waals surface area contributed by atoms with Crippen molar-refractivity contribution in [3.63, 3.8) is 0 Å². The first-order chi connectivity index (χ1) is 15.3. The highest BCUT2D eigenvalue weighted by Gasteiger charge is 2.14. The number of aromatic nitrogens is 2. The lowest BCUT2D eigenvalue weighted by Gasteiger charge is -2.08. The normalized spacial score (nSPS) is 10.7. The maximum atomic E-state index is 13.0. The molecule has 0 aliphatic carbocycles. The van der Waals surface area contributed by atoms with Gasteiger partial charge < -0.3 is 5.11 Å². The highest BCUT2D eigenvalue weighted by molar-refractivity contribution is 7.19. The lowest BCUT2D eigenvalue weighted by molar-refractivity contribution is 0.0697. The molecule has 32 heavy (non-hydrogen) atoms. The lowest BCUT2D eigenvalue weighted by atomic mass is 10.1. The maximum Gasteiger partial charge on any atom is 0.335 e. The molecule has 0 atom stereocenters. The number of carbonyl (C=O) groups is 1. The molecule has 2 heterocycles. The molecule has 0 fully saturated rings. The number of carboxylic acid groups (broad SMARTS) is 1. The zero-order valence-corrected chi connectivity index (χ0v) is 18.4. The number of hydrogen-bond donors (Lipinski definition) is 1. The van der Waals surface area contributed by atoms with Crippen LogP contribution in [-0.2, 0) is 20.0 Å². The van der Waals surface area contributed by atoms with E-state index >= 15 is 0 Å². The molecular weight excluding hydrogens is 424 g/mol. The number of thiophene rings is 1. The molecular formula is C25H20N2O4S. The second-order valence-electron chi connectivity index (χ2n) is 7.53. The number of aryl methyl sites for hydroxylation is 2. The van der Waals surface area contributed by atoms with E-state index in [2.05, 4.69) is 11.8 Å². The summed E-state index contributed by atoms with van der Waals surface area (Å²) in [6, 6.07) is 16.0. The quantitative estimate of drug-likeness (QED) is 0.489. The Morgan fingerprint density at radius 3 is 2.34 bits per heavy atom. The number of fused-ring (bicyclic) bond motifs is 1. The molecule has 6 nitrogen and oxygen atoms in total. The van der Waals surface area contributed by atoms with Crippen LogP contribution in [0.15, 0.2) is 64.2 Å². The molecule has 0 spiro atoms. The zero-order chi connectivity index (χ0) is 22.8. The number of nitrogens with zero attached hydrogens (tertiary/aromatic N) is 2. The molecule has 0 bridgehead atoms. The first kappa shape index (κ1) is 21.3. The van der Waals surface area contributed by atoms with Crippen LogP contribution in [-0.4, -0.2) is 20.2 Å². The Kier molecular flexibility index (Phi) is 5.80. The van der Waals surface area contributed by atoms with Gasteiger partial charge in [0.15, 0.2) is 0 Å². The minimum absolute atomic E-state index is 0.0611. The molecule has 2 aromatic carbocycles. The van der Waals surface area contributed by atoms with E-state index in [4.69, 9.17) is 5.11 Å². The molecule has 0 amide bonds. The van der Waals surface area contributed by atoms with Crippen molar-refractivity contribution in [2.45, 2.75) is 19.9 Å². The van der Waals surface area contributed by atoms with E-state index < -0.39 is 11.7 Å². The first-order valence-electron chi connectivity index (χ1n) is 9.93. The summed E-state index contributed by atoms with van der Waals surface area (Å²) in [5.41, 5.74) is 2.33. The fourth-order valence-electron chi connectivity index (χ4n) is 3.36. The Morgan fingerprint density at radius 1 is 1.03 bits per heavy atom. The molecule has 0 saturated carbocycles. The van der Waals surface area contributed by atoms with E-state index in [9.17, 15) is 14.4 Å². The topological polar surface area (TPSA) is 81.3 Å². The van der Waals surface area contributed by atoms with Crippen LogP contribution in [0.1, 0.15) is 31.9 Å². The summed E-state index contributed by atoms with van der Waals surface area (Å²) in [7, 11) is 1.63. The third-order valence-corrected chi connectivity index (χ3v) is 6.30. The summed E-state index contributed by atoms with van der Waals surface area (Å²) in [6.45, 7) is 2.10. The van der Waals surface area contributed by atoms with Gasteiger partial charge in [-0.3, -0.25) is 13.9 Å². The average Bonchev–Trinajstić information content (AvgIpc) is 3.21. The van der Waals surface area contributed by atoms with E-state index in [0.29, 0.717) is 22.2 Å². The Balaban J connectivity index is 1.66. The molecule has 4 rings (SSSR count). The second kappa shape index (κ2) is 8.69. The highest BCUT2D eigenvalue weighted by Crippen LogP contribution is 2.21. The number of carboxylic acids is 1. The highest BCUT2D eigenvalue weighted by atomic mass is 32.1. The van der Waals surface area contributed by atoms with Crippen LogP contribution in [0.2, 0.25) is 0 Å². The summed E-state index contributed by atoms with van der Waals surface area (Å²) in [5, 5.41) is 9.47. The number of benzene rings is 2. The van der Waals surface area contributed by atoms with Crippen molar-refractivity contribution >= 4 is 27.5 Å². The largest absolute Gasteiger partial charge is 0.478 e. The third kappa shape index (κ3) is 4.27. The predicted molar refractivity (Wildman–Crippen MR) is 126 cm³/mol. The summed E-state index contributed by atoms with van der Waals surface area (Å²) in [6.07, 6.45) is 0.601. The van der Waals surface area contributed by atoms with Gasteiger partial charge in [-0.1, -0.05) is 53.8 Å². The second-order valence-corrected chi connectivity index (χ2v) is 8.56. The SMILES string of the molecule is Cc1ccc(CC#Cc2cc3c(=O)n(Cc4ccc(C(=O)O)cc4)c(=O)n(C)c3s2)cc1. The van der Waals surface area contributed by atoms with Gasteiger partial charge in [-0.15, -0.1) is 11.3 Å². The van der Waals surface area contributed by atoms with Gasteiger partial charge >= 0.3 is 11.7 Å². The van der Waals surface area contributed by atoms with Crippen molar-refractivity contribution in [2.24, 2.45) is 7.05 Å². The Labute approximate surface area is 188 Å². The van der Waals surface area contributed by atoms with Gasteiger partial charge in [0.1, 0.15) is 4.83 Å². The fraction of sp³-hybridized carbons (Fsp3) is 0.160. The van der Waals surface area contributed by atoms with Crippen LogP contribution in [0, 0.1) is 18.8 Å². The van der Waals surface area contributed by atoms with Crippen molar-refractivity contribution in [1.29, 1.82) is 0 Å². The molecule has 2 aromatic heterocycles. The minimum atomic E-state index is -1.03. The zero-order valence-electron chi connectivity index (χ0n) is 17.6. The molecule has 0 saturated heterocycles. The van der Waals surface area contributed by atoms with Crippen molar-refractivity contribution < 1.29 is 9.90 Å². The number of hydrogen-bond acceptors (Lipinski definition) is 4. The van der Waals surface area contributed by atoms with E-state index in [-0.39, 0.29) is 17.7 Å². The smallest absolute Gasteiger partial charge is 0.335 e. The molecule has 7 heteroatoms. The maximum absolute atomic E-state index is 13.0. The van der Waals surface area contributed by atoms with Gasteiger partial charge in [0.05, 0.1) is 22.4 Å². The van der Waals surface area contributed by atoms with Gasteiger partial charge in [0.2, 0.25) is 0 Å². The minimum Gasteiger partial charge on any atom is -0.478 e. The van der Waals surface area contributed by atoms with Gasteiger partial charge in [-0.2, -0.15) is 0 Å². The van der Waals surface area contributed by atoms with E-state index in [0.717, 1.165) is 15.0 Å².